The van der Waals surface area contributed by atoms with Crippen molar-refractivity contribution in [1.29, 1.82) is 0 Å². The number of hydrogen-bond donors (Lipinski definition) is 0. The molecule has 0 spiro atoms. The van der Waals surface area contributed by atoms with Crippen LogP contribution in [-0.4, -0.2) is 48.9 Å². The molecule has 0 N–H and O–H groups in total. The molecule has 0 aliphatic carbocycles. The van der Waals surface area contributed by atoms with Gasteiger partial charge in [0.1, 0.15) is 0 Å². The summed E-state index contributed by atoms with van der Waals surface area (Å²) in [5, 5.41) is 0. The quantitative estimate of drug-likeness (QED) is 0.793. The molecule has 1 aliphatic heterocycles. The number of nitrogens with zero attached hydrogens (tertiary/aromatic N) is 2. The Morgan fingerprint density at radius 1 is 1.24 bits per heavy atom. The molecule has 0 saturated carbocycles. The smallest absolute Gasteiger partial charge is 0.254 e. The van der Waals surface area contributed by atoms with Gasteiger partial charge < -0.3 is 9.80 Å². The number of halogens is 1. The Balaban J connectivity index is 2.17. The van der Waals surface area contributed by atoms with Crippen LogP contribution in [-0.2, 0) is 0 Å². The molecule has 17 heavy (non-hydrogen) atoms. The summed E-state index contributed by atoms with van der Waals surface area (Å²) in [7, 11) is 2.09. The van der Waals surface area contributed by atoms with Crippen molar-refractivity contribution in [2.24, 2.45) is 0 Å². The van der Waals surface area contributed by atoms with Crippen molar-refractivity contribution >= 4 is 21.8 Å². The molecule has 0 radical (unpaired) electrons. The second-order valence-electron chi connectivity index (χ2n) is 4.51. The third-order valence-corrected chi connectivity index (χ3v) is 4.15. The van der Waals surface area contributed by atoms with Gasteiger partial charge in [-0.3, -0.25) is 4.79 Å². The van der Waals surface area contributed by atoms with Crippen molar-refractivity contribution in [2.45, 2.75) is 6.92 Å². The monoisotopic (exact) mass is 296 g/mol. The minimum Gasteiger partial charge on any atom is -0.336 e. The first kappa shape index (κ1) is 12.6. The molecule has 1 aromatic rings. The van der Waals surface area contributed by atoms with Crippen LogP contribution in [0.5, 0.6) is 0 Å². The summed E-state index contributed by atoms with van der Waals surface area (Å²) >= 11 is 3.47. The molecule has 1 aromatic carbocycles. The lowest BCUT2D eigenvalue weighted by molar-refractivity contribution is 0.0663. The molecule has 92 valence electrons. The molecule has 0 unspecified atom stereocenters. The van der Waals surface area contributed by atoms with Crippen molar-refractivity contribution < 1.29 is 4.79 Å². The van der Waals surface area contributed by atoms with E-state index in [1.54, 1.807) is 0 Å². The fraction of sp³-hybridized carbons (Fsp3) is 0.462. The summed E-state index contributed by atoms with van der Waals surface area (Å²) in [6, 6.07) is 5.79. The molecule has 0 aromatic heterocycles. The van der Waals surface area contributed by atoms with Gasteiger partial charge in [-0.25, -0.2) is 0 Å². The first-order valence-corrected chi connectivity index (χ1v) is 6.62. The molecule has 1 amide bonds. The summed E-state index contributed by atoms with van der Waals surface area (Å²) < 4.78 is 0.998. The maximum absolute atomic E-state index is 12.4. The lowest BCUT2D eigenvalue weighted by Crippen LogP contribution is -2.47. The fourth-order valence-electron chi connectivity index (χ4n) is 2.02. The summed E-state index contributed by atoms with van der Waals surface area (Å²) in [6.45, 7) is 5.54. The molecule has 1 fully saturated rings. The van der Waals surface area contributed by atoms with Gasteiger partial charge >= 0.3 is 0 Å². The van der Waals surface area contributed by atoms with Crippen LogP contribution < -0.4 is 0 Å². The van der Waals surface area contributed by atoms with Gasteiger partial charge in [-0.2, -0.15) is 0 Å². The van der Waals surface area contributed by atoms with Crippen LogP contribution in [0.1, 0.15) is 15.9 Å². The lowest BCUT2D eigenvalue weighted by Gasteiger charge is -2.32. The number of likely N-dealkylation sites (N-methyl/N-ethyl adjacent to an activating group) is 1. The zero-order chi connectivity index (χ0) is 12.4. The van der Waals surface area contributed by atoms with E-state index in [0.717, 1.165) is 41.8 Å². The van der Waals surface area contributed by atoms with Crippen molar-refractivity contribution in [3.05, 3.63) is 33.8 Å². The Labute approximate surface area is 111 Å². The van der Waals surface area contributed by atoms with Gasteiger partial charge in [0.25, 0.3) is 5.91 Å². The lowest BCUT2D eigenvalue weighted by atomic mass is 10.1. The number of benzene rings is 1. The molecular formula is C13H17BrN2O. The second-order valence-corrected chi connectivity index (χ2v) is 5.36. The SMILES string of the molecule is Cc1c(Br)cccc1C(=O)N1CCN(C)CC1. The molecule has 1 heterocycles. The predicted molar refractivity (Wildman–Crippen MR) is 72.3 cm³/mol. The molecule has 1 saturated heterocycles. The van der Waals surface area contributed by atoms with Crippen LogP contribution in [0.2, 0.25) is 0 Å². The third kappa shape index (κ3) is 2.69. The molecule has 0 atom stereocenters. The van der Waals surface area contributed by atoms with E-state index in [1.165, 1.54) is 0 Å². The van der Waals surface area contributed by atoms with E-state index in [4.69, 9.17) is 0 Å². The van der Waals surface area contributed by atoms with E-state index in [-0.39, 0.29) is 5.91 Å². The van der Waals surface area contributed by atoms with Gasteiger partial charge in [-0.1, -0.05) is 22.0 Å². The molecule has 4 heteroatoms. The van der Waals surface area contributed by atoms with Crippen molar-refractivity contribution in [2.75, 3.05) is 33.2 Å². The maximum Gasteiger partial charge on any atom is 0.254 e. The van der Waals surface area contributed by atoms with Crippen LogP contribution in [0.4, 0.5) is 0 Å². The predicted octanol–water partition coefficient (Wildman–Crippen LogP) is 2.15. The van der Waals surface area contributed by atoms with Gasteiger partial charge in [0, 0.05) is 36.2 Å². The highest BCUT2D eigenvalue weighted by molar-refractivity contribution is 9.10. The van der Waals surface area contributed by atoms with Gasteiger partial charge in [0.05, 0.1) is 0 Å². The van der Waals surface area contributed by atoms with E-state index in [2.05, 4.69) is 27.9 Å². The Hall–Kier alpha value is -0.870. The van der Waals surface area contributed by atoms with Crippen LogP contribution in [0.15, 0.2) is 22.7 Å². The largest absolute Gasteiger partial charge is 0.336 e. The first-order valence-electron chi connectivity index (χ1n) is 5.82. The van der Waals surface area contributed by atoms with E-state index >= 15 is 0 Å². The number of carbonyl (C=O) groups excluding carboxylic acids is 1. The second kappa shape index (κ2) is 5.19. The van der Waals surface area contributed by atoms with E-state index in [0.29, 0.717) is 0 Å². The minimum atomic E-state index is 0.150. The summed E-state index contributed by atoms with van der Waals surface area (Å²) in [5.74, 6) is 0.150. The molecule has 0 bridgehead atoms. The summed E-state index contributed by atoms with van der Waals surface area (Å²) in [5.41, 5.74) is 1.83. The number of piperazine rings is 1. The topological polar surface area (TPSA) is 23.6 Å². The average Bonchev–Trinajstić information content (AvgIpc) is 2.33. The standard InChI is InChI=1S/C13H17BrN2O/c1-10-11(4-3-5-12(10)14)13(17)16-8-6-15(2)7-9-16/h3-5H,6-9H2,1-2H3. The molecular weight excluding hydrogens is 280 g/mol. The fourth-order valence-corrected chi connectivity index (χ4v) is 2.39. The van der Waals surface area contributed by atoms with Gasteiger partial charge in [0.15, 0.2) is 0 Å². The van der Waals surface area contributed by atoms with Gasteiger partial charge in [-0.15, -0.1) is 0 Å². The number of rotatable bonds is 1. The highest BCUT2D eigenvalue weighted by atomic mass is 79.9. The van der Waals surface area contributed by atoms with Crippen molar-refractivity contribution in [3.63, 3.8) is 0 Å². The first-order chi connectivity index (χ1) is 8.09. The summed E-state index contributed by atoms with van der Waals surface area (Å²) in [6.07, 6.45) is 0. The third-order valence-electron chi connectivity index (χ3n) is 3.29. The number of carbonyl (C=O) groups is 1. The average molecular weight is 297 g/mol. The van der Waals surface area contributed by atoms with E-state index in [9.17, 15) is 4.79 Å². The number of hydrogen-bond acceptors (Lipinski definition) is 2. The van der Waals surface area contributed by atoms with Crippen molar-refractivity contribution in [1.82, 2.24) is 9.80 Å². The Morgan fingerprint density at radius 3 is 2.53 bits per heavy atom. The molecule has 3 nitrogen and oxygen atoms in total. The molecule has 1 aliphatic rings. The van der Waals surface area contributed by atoms with Crippen LogP contribution in [0, 0.1) is 6.92 Å². The van der Waals surface area contributed by atoms with Crippen LogP contribution >= 0.6 is 15.9 Å². The normalized spacial score (nSPS) is 17.2. The van der Waals surface area contributed by atoms with Crippen LogP contribution in [0.3, 0.4) is 0 Å². The minimum absolute atomic E-state index is 0.150. The Morgan fingerprint density at radius 2 is 1.88 bits per heavy atom. The van der Waals surface area contributed by atoms with Crippen LogP contribution in [0.25, 0.3) is 0 Å². The zero-order valence-corrected chi connectivity index (χ0v) is 11.8. The van der Waals surface area contributed by atoms with Gasteiger partial charge in [-0.05, 0) is 31.7 Å². The van der Waals surface area contributed by atoms with Crippen molar-refractivity contribution in [3.8, 4) is 0 Å². The molecule has 2 rings (SSSR count). The van der Waals surface area contributed by atoms with Gasteiger partial charge in [0.2, 0.25) is 0 Å². The highest BCUT2D eigenvalue weighted by Crippen LogP contribution is 2.21. The Kier molecular flexibility index (Phi) is 3.84. The van der Waals surface area contributed by atoms with E-state index in [1.807, 2.05) is 30.0 Å². The Bertz CT molecular complexity index is 425. The summed E-state index contributed by atoms with van der Waals surface area (Å²) in [4.78, 5) is 16.6. The van der Waals surface area contributed by atoms with E-state index < -0.39 is 0 Å². The maximum atomic E-state index is 12.4. The number of amides is 1. The highest BCUT2D eigenvalue weighted by Gasteiger charge is 2.21. The zero-order valence-electron chi connectivity index (χ0n) is 10.2.